The molecule has 17 heavy (non-hydrogen) atoms. The zero-order valence-corrected chi connectivity index (χ0v) is 10.8. The molecule has 1 saturated heterocycles. The molecular formula is C13H24N2O2. The van der Waals surface area contributed by atoms with Crippen LogP contribution in [0, 0.1) is 11.8 Å². The molecule has 2 rings (SSSR count). The molecule has 1 aliphatic carbocycles. The van der Waals surface area contributed by atoms with Crippen molar-refractivity contribution in [2.45, 2.75) is 25.7 Å². The fourth-order valence-corrected chi connectivity index (χ4v) is 2.88. The molecular weight excluding hydrogens is 216 g/mol. The van der Waals surface area contributed by atoms with Gasteiger partial charge in [-0.05, 0) is 38.6 Å². The van der Waals surface area contributed by atoms with Crippen LogP contribution in [0.1, 0.15) is 25.7 Å². The van der Waals surface area contributed by atoms with E-state index in [1.54, 1.807) is 0 Å². The molecule has 0 spiro atoms. The summed E-state index contributed by atoms with van der Waals surface area (Å²) in [5.74, 6) is 1.02. The van der Waals surface area contributed by atoms with Crippen LogP contribution in [-0.2, 0) is 4.79 Å². The molecule has 0 bridgehead atoms. The first-order chi connectivity index (χ1) is 8.20. The zero-order chi connectivity index (χ0) is 12.3. The SMILES string of the molecule is CN1CCN(C(=O)C2CCC(CO)CC2)CC1. The maximum atomic E-state index is 12.3. The predicted octanol–water partition coefficient (Wildman–Crippen LogP) is 0.559. The summed E-state index contributed by atoms with van der Waals surface area (Å²) >= 11 is 0. The first-order valence-electron chi connectivity index (χ1n) is 6.79. The van der Waals surface area contributed by atoms with Gasteiger partial charge in [0.1, 0.15) is 0 Å². The van der Waals surface area contributed by atoms with Gasteiger partial charge in [-0.25, -0.2) is 0 Å². The van der Waals surface area contributed by atoms with E-state index >= 15 is 0 Å². The Bertz CT molecular complexity index is 254. The molecule has 4 heteroatoms. The summed E-state index contributed by atoms with van der Waals surface area (Å²) in [4.78, 5) is 16.6. The Balaban J connectivity index is 1.80. The lowest BCUT2D eigenvalue weighted by atomic mass is 9.81. The molecule has 0 aromatic heterocycles. The molecule has 0 radical (unpaired) electrons. The van der Waals surface area contributed by atoms with E-state index in [9.17, 15) is 4.79 Å². The van der Waals surface area contributed by atoms with Crippen molar-refractivity contribution in [2.24, 2.45) is 11.8 Å². The number of rotatable bonds is 2. The lowest BCUT2D eigenvalue weighted by Gasteiger charge is -2.36. The second kappa shape index (κ2) is 5.83. The number of aliphatic hydroxyl groups excluding tert-OH is 1. The predicted molar refractivity (Wildman–Crippen MR) is 66.6 cm³/mol. The number of hydrogen-bond acceptors (Lipinski definition) is 3. The molecule has 2 aliphatic rings. The minimum atomic E-state index is 0.223. The molecule has 0 aromatic rings. The fourth-order valence-electron chi connectivity index (χ4n) is 2.88. The third-order valence-electron chi connectivity index (χ3n) is 4.27. The van der Waals surface area contributed by atoms with Crippen molar-refractivity contribution >= 4 is 5.91 Å². The second-order valence-corrected chi connectivity index (χ2v) is 5.53. The number of carbonyl (C=O) groups is 1. The van der Waals surface area contributed by atoms with Gasteiger partial charge in [0.25, 0.3) is 0 Å². The van der Waals surface area contributed by atoms with E-state index in [2.05, 4.69) is 11.9 Å². The van der Waals surface area contributed by atoms with Crippen molar-refractivity contribution in [3.05, 3.63) is 0 Å². The van der Waals surface area contributed by atoms with E-state index < -0.39 is 0 Å². The number of aliphatic hydroxyl groups is 1. The molecule has 98 valence electrons. The first-order valence-corrected chi connectivity index (χ1v) is 6.79. The normalized spacial score (nSPS) is 31.5. The van der Waals surface area contributed by atoms with Gasteiger partial charge >= 0.3 is 0 Å². The van der Waals surface area contributed by atoms with E-state index in [1.807, 2.05) is 4.90 Å². The maximum Gasteiger partial charge on any atom is 0.225 e. The Morgan fingerprint density at radius 2 is 1.71 bits per heavy atom. The highest BCUT2D eigenvalue weighted by Crippen LogP contribution is 2.29. The van der Waals surface area contributed by atoms with E-state index in [-0.39, 0.29) is 12.5 Å². The molecule has 2 fully saturated rings. The summed E-state index contributed by atoms with van der Waals surface area (Å²) in [7, 11) is 2.11. The largest absolute Gasteiger partial charge is 0.396 e. The molecule has 1 amide bonds. The second-order valence-electron chi connectivity index (χ2n) is 5.53. The number of amides is 1. The number of hydrogen-bond donors (Lipinski definition) is 1. The van der Waals surface area contributed by atoms with Crippen molar-refractivity contribution in [2.75, 3.05) is 39.8 Å². The third kappa shape index (κ3) is 3.19. The highest BCUT2D eigenvalue weighted by molar-refractivity contribution is 5.79. The average molecular weight is 240 g/mol. The van der Waals surface area contributed by atoms with Crippen molar-refractivity contribution in [1.29, 1.82) is 0 Å². The Morgan fingerprint density at radius 1 is 1.12 bits per heavy atom. The highest BCUT2D eigenvalue weighted by atomic mass is 16.3. The number of likely N-dealkylation sites (N-methyl/N-ethyl adjacent to an activating group) is 1. The van der Waals surface area contributed by atoms with E-state index in [0.717, 1.165) is 51.9 Å². The van der Waals surface area contributed by atoms with Gasteiger partial charge in [0.2, 0.25) is 5.91 Å². The van der Waals surface area contributed by atoms with Crippen LogP contribution in [0.3, 0.4) is 0 Å². The minimum absolute atomic E-state index is 0.223. The van der Waals surface area contributed by atoms with E-state index in [1.165, 1.54) is 0 Å². The van der Waals surface area contributed by atoms with Crippen LogP contribution in [0.4, 0.5) is 0 Å². The minimum Gasteiger partial charge on any atom is -0.396 e. The fraction of sp³-hybridized carbons (Fsp3) is 0.923. The maximum absolute atomic E-state index is 12.3. The van der Waals surface area contributed by atoms with Gasteiger partial charge in [0.15, 0.2) is 0 Å². The third-order valence-corrected chi connectivity index (χ3v) is 4.27. The molecule has 0 aromatic carbocycles. The summed E-state index contributed by atoms with van der Waals surface area (Å²) in [5.41, 5.74) is 0. The molecule has 1 aliphatic heterocycles. The van der Waals surface area contributed by atoms with Crippen molar-refractivity contribution in [3.8, 4) is 0 Å². The standard InChI is InChI=1S/C13H24N2O2/c1-14-6-8-15(9-7-14)13(17)12-4-2-11(10-16)3-5-12/h11-12,16H,2-10H2,1H3. The average Bonchev–Trinajstić information content (AvgIpc) is 2.39. The summed E-state index contributed by atoms with van der Waals surface area (Å²) in [6.07, 6.45) is 3.97. The monoisotopic (exact) mass is 240 g/mol. The summed E-state index contributed by atoms with van der Waals surface area (Å²) in [6.45, 7) is 4.05. The zero-order valence-electron chi connectivity index (χ0n) is 10.8. The van der Waals surface area contributed by atoms with Gasteiger partial charge in [0, 0.05) is 38.7 Å². The van der Waals surface area contributed by atoms with Gasteiger partial charge in [0.05, 0.1) is 0 Å². The molecule has 1 saturated carbocycles. The van der Waals surface area contributed by atoms with Crippen LogP contribution in [0.15, 0.2) is 0 Å². The molecule has 1 N–H and O–H groups in total. The van der Waals surface area contributed by atoms with Gasteiger partial charge in [-0.15, -0.1) is 0 Å². The number of nitrogens with zero attached hydrogens (tertiary/aromatic N) is 2. The lowest BCUT2D eigenvalue weighted by Crippen LogP contribution is -2.49. The Kier molecular flexibility index (Phi) is 4.40. The Labute approximate surface area is 104 Å². The van der Waals surface area contributed by atoms with E-state index in [4.69, 9.17) is 5.11 Å². The summed E-state index contributed by atoms with van der Waals surface area (Å²) < 4.78 is 0. The molecule has 1 heterocycles. The van der Waals surface area contributed by atoms with Gasteiger partial charge in [-0.3, -0.25) is 4.79 Å². The van der Waals surface area contributed by atoms with Crippen molar-refractivity contribution < 1.29 is 9.90 Å². The van der Waals surface area contributed by atoms with Crippen molar-refractivity contribution in [1.82, 2.24) is 9.80 Å². The van der Waals surface area contributed by atoms with Crippen LogP contribution < -0.4 is 0 Å². The van der Waals surface area contributed by atoms with Gasteiger partial charge < -0.3 is 14.9 Å². The quantitative estimate of drug-likeness (QED) is 0.767. The van der Waals surface area contributed by atoms with Gasteiger partial charge in [-0.1, -0.05) is 0 Å². The van der Waals surface area contributed by atoms with Crippen LogP contribution in [0.2, 0.25) is 0 Å². The topological polar surface area (TPSA) is 43.8 Å². The van der Waals surface area contributed by atoms with Crippen LogP contribution in [-0.4, -0.2) is 60.6 Å². The molecule has 0 atom stereocenters. The number of carbonyl (C=O) groups excluding carboxylic acids is 1. The number of piperazine rings is 1. The smallest absolute Gasteiger partial charge is 0.225 e. The first kappa shape index (κ1) is 12.8. The Morgan fingerprint density at radius 3 is 2.24 bits per heavy atom. The Hall–Kier alpha value is -0.610. The summed E-state index contributed by atoms with van der Waals surface area (Å²) in [5, 5.41) is 9.09. The van der Waals surface area contributed by atoms with Crippen LogP contribution in [0.25, 0.3) is 0 Å². The van der Waals surface area contributed by atoms with Gasteiger partial charge in [-0.2, -0.15) is 0 Å². The summed E-state index contributed by atoms with van der Waals surface area (Å²) in [6, 6.07) is 0. The highest BCUT2D eigenvalue weighted by Gasteiger charge is 2.30. The molecule has 0 unspecified atom stereocenters. The van der Waals surface area contributed by atoms with Crippen molar-refractivity contribution in [3.63, 3.8) is 0 Å². The molecule has 4 nitrogen and oxygen atoms in total. The van der Waals surface area contributed by atoms with E-state index in [0.29, 0.717) is 11.8 Å². The van der Waals surface area contributed by atoms with Crippen LogP contribution in [0.5, 0.6) is 0 Å². The van der Waals surface area contributed by atoms with Crippen LogP contribution >= 0.6 is 0 Å². The lowest BCUT2D eigenvalue weighted by molar-refractivity contribution is -0.138.